The number of benzene rings is 1. The van der Waals surface area contributed by atoms with Gasteiger partial charge in [-0.1, -0.05) is 11.6 Å². The van der Waals surface area contributed by atoms with Crippen LogP contribution >= 0.6 is 11.6 Å². The Morgan fingerprint density at radius 3 is 2.40 bits per heavy atom. The number of nitrogens with two attached hydrogens (primary N) is 1. The number of methoxy groups -OCH3 is 1. The summed E-state index contributed by atoms with van der Waals surface area (Å²) in [6.45, 7) is 8.00. The third-order valence-electron chi connectivity index (χ3n) is 4.72. The summed E-state index contributed by atoms with van der Waals surface area (Å²) in [5, 5.41) is 0.864. The van der Waals surface area contributed by atoms with E-state index in [1.54, 1.807) is 7.11 Å². The van der Waals surface area contributed by atoms with Gasteiger partial charge < -0.3 is 10.5 Å². The van der Waals surface area contributed by atoms with E-state index in [9.17, 15) is 0 Å². The molecular weight excluding hydrogens is 272 g/mol. The van der Waals surface area contributed by atoms with E-state index < -0.39 is 0 Å². The maximum atomic E-state index is 6.51. The molecule has 2 rings (SSSR count). The molecule has 0 amide bonds. The molecule has 4 heteroatoms. The van der Waals surface area contributed by atoms with Crippen LogP contribution in [0.1, 0.15) is 34.7 Å². The van der Waals surface area contributed by atoms with Crippen molar-refractivity contribution in [1.29, 1.82) is 0 Å². The number of hydrogen-bond acceptors (Lipinski definition) is 3. The van der Waals surface area contributed by atoms with Gasteiger partial charge in [-0.15, -0.1) is 0 Å². The molecule has 2 unspecified atom stereocenters. The first kappa shape index (κ1) is 15.6. The Morgan fingerprint density at radius 1 is 1.25 bits per heavy atom. The molecule has 3 nitrogen and oxygen atoms in total. The van der Waals surface area contributed by atoms with Crippen LogP contribution in [-0.4, -0.2) is 32.1 Å². The van der Waals surface area contributed by atoms with Crippen molar-refractivity contribution in [3.63, 3.8) is 0 Å². The third kappa shape index (κ3) is 2.43. The molecule has 0 aromatic heterocycles. The van der Waals surface area contributed by atoms with Gasteiger partial charge >= 0.3 is 0 Å². The second kappa shape index (κ2) is 5.92. The predicted molar refractivity (Wildman–Crippen MR) is 84.7 cm³/mol. The molecule has 1 heterocycles. The maximum Gasteiger partial charge on any atom is 0.127 e. The normalized spacial score (nSPS) is 23.4. The Balaban J connectivity index is 2.56. The number of halogens is 1. The van der Waals surface area contributed by atoms with Gasteiger partial charge in [-0.2, -0.15) is 0 Å². The van der Waals surface area contributed by atoms with Gasteiger partial charge in [0.05, 0.1) is 7.11 Å². The average molecular weight is 297 g/mol. The van der Waals surface area contributed by atoms with Crippen LogP contribution in [0.3, 0.4) is 0 Å². The molecule has 20 heavy (non-hydrogen) atoms. The van der Waals surface area contributed by atoms with Crippen LogP contribution in [0, 0.1) is 26.7 Å². The van der Waals surface area contributed by atoms with Gasteiger partial charge in [-0.25, -0.2) is 0 Å². The van der Waals surface area contributed by atoms with E-state index in [-0.39, 0.29) is 0 Å². The molecule has 0 aliphatic carbocycles. The minimum atomic E-state index is 0.343. The molecule has 1 fully saturated rings. The van der Waals surface area contributed by atoms with Crippen LogP contribution in [0.15, 0.2) is 0 Å². The minimum Gasteiger partial charge on any atom is -0.496 e. The Kier molecular flexibility index (Phi) is 4.62. The molecule has 2 N–H and O–H groups in total. The molecule has 2 atom stereocenters. The molecule has 1 aliphatic heterocycles. The average Bonchev–Trinajstić information content (AvgIpc) is 2.81. The van der Waals surface area contributed by atoms with Crippen molar-refractivity contribution in [1.82, 2.24) is 4.90 Å². The summed E-state index contributed by atoms with van der Waals surface area (Å²) in [6, 6.07) is 0.343. The molecule has 1 aliphatic rings. The van der Waals surface area contributed by atoms with Gasteiger partial charge in [0.1, 0.15) is 5.75 Å². The minimum absolute atomic E-state index is 0.343. The summed E-state index contributed by atoms with van der Waals surface area (Å²) < 4.78 is 5.71. The first-order chi connectivity index (χ1) is 9.42. The number of ether oxygens (including phenoxy) is 1. The van der Waals surface area contributed by atoms with Gasteiger partial charge in [0, 0.05) is 23.2 Å². The van der Waals surface area contributed by atoms with Crippen LogP contribution < -0.4 is 10.5 Å². The summed E-state index contributed by atoms with van der Waals surface area (Å²) in [6.07, 6.45) is 1.07. The highest BCUT2D eigenvalue weighted by Gasteiger charge is 2.34. The zero-order valence-corrected chi connectivity index (χ0v) is 13.8. The molecule has 0 saturated carbocycles. The first-order valence-electron chi connectivity index (χ1n) is 7.15. The van der Waals surface area contributed by atoms with Crippen molar-refractivity contribution in [2.75, 3.05) is 27.2 Å². The maximum absolute atomic E-state index is 6.51. The predicted octanol–water partition coefficient (Wildman–Crippen LogP) is 3.23. The lowest BCUT2D eigenvalue weighted by atomic mass is 9.91. The zero-order chi connectivity index (χ0) is 15.0. The third-order valence-corrected chi connectivity index (χ3v) is 5.28. The van der Waals surface area contributed by atoms with E-state index in [2.05, 4.69) is 32.7 Å². The Hall–Kier alpha value is -0.770. The molecular formula is C16H25ClN2O. The largest absolute Gasteiger partial charge is 0.496 e. The van der Waals surface area contributed by atoms with Crippen LogP contribution in [0.5, 0.6) is 5.75 Å². The quantitative estimate of drug-likeness (QED) is 0.931. The molecule has 0 radical (unpaired) electrons. The lowest BCUT2D eigenvalue weighted by Gasteiger charge is -2.26. The SMILES string of the molecule is COc1c(C)c(C)c(Cl)c(C)c1C1CC(CN)CN1C. The Labute approximate surface area is 127 Å². The van der Waals surface area contributed by atoms with E-state index >= 15 is 0 Å². The molecule has 0 bridgehead atoms. The van der Waals surface area contributed by atoms with Crippen molar-refractivity contribution >= 4 is 11.6 Å². The topological polar surface area (TPSA) is 38.5 Å². The lowest BCUT2D eigenvalue weighted by molar-refractivity contribution is 0.301. The smallest absolute Gasteiger partial charge is 0.127 e. The zero-order valence-electron chi connectivity index (χ0n) is 13.1. The van der Waals surface area contributed by atoms with E-state index in [0.717, 1.165) is 47.0 Å². The van der Waals surface area contributed by atoms with Crippen molar-refractivity contribution < 1.29 is 4.74 Å². The van der Waals surface area contributed by atoms with Crippen molar-refractivity contribution in [2.45, 2.75) is 33.2 Å². The second-order valence-electron chi connectivity index (χ2n) is 5.93. The van der Waals surface area contributed by atoms with Crippen LogP contribution in [0.4, 0.5) is 0 Å². The van der Waals surface area contributed by atoms with Crippen LogP contribution in [0.2, 0.25) is 5.02 Å². The van der Waals surface area contributed by atoms with Gasteiger partial charge in [0.15, 0.2) is 0 Å². The van der Waals surface area contributed by atoms with Gasteiger partial charge in [0.2, 0.25) is 0 Å². The van der Waals surface area contributed by atoms with Gasteiger partial charge in [-0.05, 0) is 63.4 Å². The first-order valence-corrected chi connectivity index (χ1v) is 7.53. The van der Waals surface area contributed by atoms with Crippen molar-refractivity contribution in [3.8, 4) is 5.75 Å². The molecule has 0 spiro atoms. The highest BCUT2D eigenvalue weighted by Crippen LogP contribution is 2.45. The number of nitrogens with zero attached hydrogens (tertiary/aromatic N) is 1. The fraction of sp³-hybridized carbons (Fsp3) is 0.625. The summed E-state index contributed by atoms with van der Waals surface area (Å²) in [5.74, 6) is 1.54. The summed E-state index contributed by atoms with van der Waals surface area (Å²) in [4.78, 5) is 2.37. The second-order valence-corrected chi connectivity index (χ2v) is 6.31. The fourth-order valence-corrected chi connectivity index (χ4v) is 3.63. The van der Waals surface area contributed by atoms with Crippen molar-refractivity contribution in [2.24, 2.45) is 11.7 Å². The Morgan fingerprint density at radius 2 is 1.90 bits per heavy atom. The van der Waals surface area contributed by atoms with E-state index in [0.29, 0.717) is 12.0 Å². The van der Waals surface area contributed by atoms with E-state index in [4.69, 9.17) is 22.1 Å². The Bertz CT molecular complexity index is 516. The van der Waals surface area contributed by atoms with Gasteiger partial charge in [-0.3, -0.25) is 4.90 Å². The van der Waals surface area contributed by atoms with Gasteiger partial charge in [0.25, 0.3) is 0 Å². The molecule has 112 valence electrons. The summed E-state index contributed by atoms with van der Waals surface area (Å²) >= 11 is 6.51. The van der Waals surface area contributed by atoms with E-state index in [1.165, 1.54) is 5.56 Å². The standard InChI is InChI=1S/C16H25ClN2O/c1-9-10(2)16(20-5)14(11(3)15(9)17)13-6-12(7-18)8-19(13)4/h12-13H,6-8,18H2,1-5H3. The van der Waals surface area contributed by atoms with Crippen molar-refractivity contribution in [3.05, 3.63) is 27.3 Å². The highest BCUT2D eigenvalue weighted by molar-refractivity contribution is 6.32. The molecule has 1 aromatic carbocycles. The highest BCUT2D eigenvalue weighted by atomic mass is 35.5. The number of likely N-dealkylation sites (tertiary alicyclic amines) is 1. The van der Waals surface area contributed by atoms with Crippen LogP contribution in [0.25, 0.3) is 0 Å². The number of rotatable bonds is 3. The molecule has 1 aromatic rings. The monoisotopic (exact) mass is 296 g/mol. The fourth-order valence-electron chi connectivity index (χ4n) is 3.38. The van der Waals surface area contributed by atoms with Crippen LogP contribution in [-0.2, 0) is 0 Å². The molecule has 1 saturated heterocycles. The summed E-state index contributed by atoms with van der Waals surface area (Å²) in [7, 11) is 3.90. The van der Waals surface area contributed by atoms with E-state index in [1.807, 2.05) is 0 Å². The summed E-state index contributed by atoms with van der Waals surface area (Å²) in [5.41, 5.74) is 10.5. The lowest BCUT2D eigenvalue weighted by Crippen LogP contribution is -2.21. The number of hydrogen-bond donors (Lipinski definition) is 1.